The van der Waals surface area contributed by atoms with E-state index in [4.69, 9.17) is 11.6 Å². The summed E-state index contributed by atoms with van der Waals surface area (Å²) in [5, 5.41) is 12.9. The molecule has 0 unspecified atom stereocenters. The summed E-state index contributed by atoms with van der Waals surface area (Å²) in [5.41, 5.74) is 0.853. The van der Waals surface area contributed by atoms with E-state index in [9.17, 15) is 9.50 Å². The van der Waals surface area contributed by atoms with E-state index in [-0.39, 0.29) is 35.1 Å². The zero-order valence-corrected chi connectivity index (χ0v) is 14.9. The van der Waals surface area contributed by atoms with Gasteiger partial charge in [0.15, 0.2) is 5.96 Å². The number of aliphatic hydroxyl groups is 1. The number of nitrogens with zero attached hydrogens (tertiary/aromatic N) is 2. The Morgan fingerprint density at radius 2 is 2.33 bits per heavy atom. The van der Waals surface area contributed by atoms with Crippen molar-refractivity contribution in [2.45, 2.75) is 26.0 Å². The summed E-state index contributed by atoms with van der Waals surface area (Å²) in [6.45, 7) is 4.56. The van der Waals surface area contributed by atoms with E-state index < -0.39 is 5.82 Å². The smallest absolute Gasteiger partial charge is 0.194 e. The van der Waals surface area contributed by atoms with Crippen LogP contribution in [0, 0.1) is 5.82 Å². The summed E-state index contributed by atoms with van der Waals surface area (Å²) in [6, 6.07) is 4.61. The highest BCUT2D eigenvalue weighted by Gasteiger charge is 2.22. The fourth-order valence-corrected chi connectivity index (χ4v) is 2.37. The maximum atomic E-state index is 13.1. The molecule has 0 radical (unpaired) electrons. The SMILES string of the molecule is CCNC(=NCc1ccc(F)c(Cl)c1)N1CC[C@@H](O)C1.I. The van der Waals surface area contributed by atoms with E-state index in [0.717, 1.165) is 31.0 Å². The molecule has 0 amide bonds. The number of aliphatic imine (C=N–C) groups is 1. The minimum atomic E-state index is -0.422. The summed E-state index contributed by atoms with van der Waals surface area (Å²) in [6.07, 6.45) is 0.464. The Morgan fingerprint density at radius 3 is 2.90 bits per heavy atom. The van der Waals surface area contributed by atoms with Crippen LogP contribution >= 0.6 is 35.6 Å². The molecule has 1 saturated heterocycles. The van der Waals surface area contributed by atoms with Crippen molar-refractivity contribution in [3.05, 3.63) is 34.6 Å². The first-order valence-corrected chi connectivity index (χ1v) is 7.13. The molecule has 1 fully saturated rings. The van der Waals surface area contributed by atoms with Crippen LogP contribution in [0.4, 0.5) is 4.39 Å². The van der Waals surface area contributed by atoms with Crippen molar-refractivity contribution < 1.29 is 9.50 Å². The molecule has 1 aromatic carbocycles. The van der Waals surface area contributed by atoms with Gasteiger partial charge in [0, 0.05) is 19.6 Å². The third-order valence-electron chi connectivity index (χ3n) is 3.19. The van der Waals surface area contributed by atoms with Crippen molar-refractivity contribution in [2.75, 3.05) is 19.6 Å². The van der Waals surface area contributed by atoms with E-state index >= 15 is 0 Å². The van der Waals surface area contributed by atoms with Crippen LogP contribution in [0.3, 0.4) is 0 Å². The lowest BCUT2D eigenvalue weighted by atomic mass is 10.2. The summed E-state index contributed by atoms with van der Waals surface area (Å²) in [4.78, 5) is 6.54. The highest BCUT2D eigenvalue weighted by molar-refractivity contribution is 14.0. The molecule has 4 nitrogen and oxygen atoms in total. The van der Waals surface area contributed by atoms with Gasteiger partial charge in [-0.05, 0) is 31.0 Å². The standard InChI is InChI=1S/C14H19ClFN3O.HI/c1-2-17-14(19-6-5-11(20)9-19)18-8-10-3-4-13(16)12(15)7-10;/h3-4,7,11,20H,2,5-6,8-9H2,1H3,(H,17,18);1H/t11-;/m1./s1. The van der Waals surface area contributed by atoms with Gasteiger partial charge in [-0.15, -0.1) is 24.0 Å². The van der Waals surface area contributed by atoms with Crippen LogP contribution in [0.25, 0.3) is 0 Å². The molecule has 1 heterocycles. The van der Waals surface area contributed by atoms with Gasteiger partial charge in [0.25, 0.3) is 0 Å². The Bertz CT molecular complexity index is 501. The van der Waals surface area contributed by atoms with E-state index in [1.165, 1.54) is 6.07 Å². The molecule has 7 heteroatoms. The number of benzene rings is 1. The number of hydrogen-bond acceptors (Lipinski definition) is 2. The topological polar surface area (TPSA) is 47.9 Å². The van der Waals surface area contributed by atoms with Crippen molar-refractivity contribution in [1.82, 2.24) is 10.2 Å². The van der Waals surface area contributed by atoms with Gasteiger partial charge in [-0.2, -0.15) is 0 Å². The number of guanidine groups is 1. The van der Waals surface area contributed by atoms with Crippen LogP contribution in [0.15, 0.2) is 23.2 Å². The van der Waals surface area contributed by atoms with E-state index in [1.807, 2.05) is 11.8 Å². The minimum Gasteiger partial charge on any atom is -0.391 e. The quantitative estimate of drug-likeness (QED) is 0.443. The number of likely N-dealkylation sites (tertiary alicyclic amines) is 1. The van der Waals surface area contributed by atoms with Gasteiger partial charge in [-0.25, -0.2) is 9.38 Å². The van der Waals surface area contributed by atoms with Crippen LogP contribution in [0.5, 0.6) is 0 Å². The third kappa shape index (κ3) is 5.27. The molecule has 2 N–H and O–H groups in total. The van der Waals surface area contributed by atoms with E-state index in [1.54, 1.807) is 12.1 Å². The largest absolute Gasteiger partial charge is 0.391 e. The van der Waals surface area contributed by atoms with Gasteiger partial charge in [0.2, 0.25) is 0 Å². The molecule has 0 aromatic heterocycles. The van der Waals surface area contributed by atoms with Gasteiger partial charge < -0.3 is 15.3 Å². The molecule has 118 valence electrons. The zero-order chi connectivity index (χ0) is 14.5. The summed E-state index contributed by atoms with van der Waals surface area (Å²) in [7, 11) is 0. The Balaban J connectivity index is 0.00000220. The molecule has 1 aliphatic heterocycles. The Kier molecular flexibility index (Phi) is 7.69. The molecule has 0 aliphatic carbocycles. The third-order valence-corrected chi connectivity index (χ3v) is 3.48. The first-order valence-electron chi connectivity index (χ1n) is 6.75. The fourth-order valence-electron chi connectivity index (χ4n) is 2.16. The average molecular weight is 428 g/mol. The number of nitrogens with one attached hydrogen (secondary N) is 1. The second kappa shape index (κ2) is 8.75. The predicted molar refractivity (Wildman–Crippen MR) is 93.8 cm³/mol. The first-order chi connectivity index (χ1) is 9.60. The molecule has 0 bridgehead atoms. The minimum absolute atomic E-state index is 0. The lowest BCUT2D eigenvalue weighted by molar-refractivity contribution is 0.188. The lowest BCUT2D eigenvalue weighted by Gasteiger charge is -2.20. The van der Waals surface area contributed by atoms with Gasteiger partial charge in [0.05, 0.1) is 17.7 Å². The first kappa shape index (κ1) is 18.4. The van der Waals surface area contributed by atoms with Crippen molar-refractivity contribution >= 4 is 41.5 Å². The molecule has 21 heavy (non-hydrogen) atoms. The number of β-amino-alcohol motifs (C(OH)–C–C–N with tert-alkyl or cyclic N) is 1. The maximum absolute atomic E-state index is 13.1. The van der Waals surface area contributed by atoms with Crippen molar-refractivity contribution in [3.8, 4) is 0 Å². The summed E-state index contributed by atoms with van der Waals surface area (Å²) < 4.78 is 13.1. The van der Waals surface area contributed by atoms with Gasteiger partial charge in [-0.1, -0.05) is 17.7 Å². The maximum Gasteiger partial charge on any atom is 0.194 e. The van der Waals surface area contributed by atoms with Gasteiger partial charge in [-0.3, -0.25) is 0 Å². The van der Waals surface area contributed by atoms with E-state index in [0.29, 0.717) is 13.1 Å². The summed E-state index contributed by atoms with van der Waals surface area (Å²) >= 11 is 5.75. The predicted octanol–water partition coefficient (Wildman–Crippen LogP) is 2.63. The second-order valence-electron chi connectivity index (χ2n) is 4.81. The van der Waals surface area contributed by atoms with Crippen LogP contribution in [0.1, 0.15) is 18.9 Å². The molecular weight excluding hydrogens is 408 g/mol. The summed E-state index contributed by atoms with van der Waals surface area (Å²) in [5.74, 6) is 0.346. The number of rotatable bonds is 3. The molecule has 1 atom stereocenters. The van der Waals surface area contributed by atoms with Crippen LogP contribution in [-0.4, -0.2) is 41.7 Å². The Hall–Kier alpha value is -0.600. The molecule has 0 saturated carbocycles. The number of aliphatic hydroxyl groups excluding tert-OH is 1. The second-order valence-corrected chi connectivity index (χ2v) is 5.21. The fraction of sp³-hybridized carbons (Fsp3) is 0.500. The van der Waals surface area contributed by atoms with Gasteiger partial charge >= 0.3 is 0 Å². The highest BCUT2D eigenvalue weighted by atomic mass is 127. The van der Waals surface area contributed by atoms with Crippen molar-refractivity contribution in [2.24, 2.45) is 4.99 Å². The molecule has 1 aliphatic rings. The van der Waals surface area contributed by atoms with Gasteiger partial charge in [0.1, 0.15) is 5.82 Å². The van der Waals surface area contributed by atoms with Crippen LogP contribution in [-0.2, 0) is 6.54 Å². The average Bonchev–Trinajstić information content (AvgIpc) is 2.85. The molecular formula is C14H20ClFIN3O. The molecule has 0 spiro atoms. The van der Waals surface area contributed by atoms with Crippen LogP contribution in [0.2, 0.25) is 5.02 Å². The molecule has 2 rings (SSSR count). The Morgan fingerprint density at radius 1 is 1.57 bits per heavy atom. The normalized spacial score (nSPS) is 18.6. The lowest BCUT2D eigenvalue weighted by Crippen LogP contribution is -2.40. The number of halogens is 3. The highest BCUT2D eigenvalue weighted by Crippen LogP contribution is 2.17. The van der Waals surface area contributed by atoms with Crippen LogP contribution < -0.4 is 5.32 Å². The monoisotopic (exact) mass is 427 g/mol. The van der Waals surface area contributed by atoms with Crippen molar-refractivity contribution in [3.63, 3.8) is 0 Å². The van der Waals surface area contributed by atoms with E-state index in [2.05, 4.69) is 10.3 Å². The zero-order valence-electron chi connectivity index (χ0n) is 11.9. The number of hydrogen-bond donors (Lipinski definition) is 2. The molecule has 1 aromatic rings. The van der Waals surface area contributed by atoms with Crippen molar-refractivity contribution in [1.29, 1.82) is 0 Å². The Labute approximate surface area is 146 Å².